The first kappa shape index (κ1) is 12.7. The fraction of sp³-hybridized carbons (Fsp3) is 0.889. The van der Waals surface area contributed by atoms with Crippen LogP contribution in [0, 0.1) is 5.41 Å². The third kappa shape index (κ3) is 4.48. The van der Waals surface area contributed by atoms with Gasteiger partial charge >= 0.3 is 0 Å². The van der Waals surface area contributed by atoms with Crippen molar-refractivity contribution in [1.29, 1.82) is 0 Å². The largest absolute Gasteiger partial charge is 0.380 e. The summed E-state index contributed by atoms with van der Waals surface area (Å²) in [5.74, 6) is 0.284. The molecule has 0 heterocycles. The molecule has 0 aromatic heterocycles. The number of amides is 1. The Labute approximate surface area is 84.8 Å². The normalized spacial score (nSPS) is 13.9. The lowest BCUT2D eigenvalue weighted by atomic mass is 9.95. The molecule has 13 heavy (non-hydrogen) atoms. The molecule has 1 atom stereocenters. The number of carbonyl (C=O) groups is 1. The van der Waals surface area contributed by atoms with Gasteiger partial charge < -0.3 is 10.1 Å². The summed E-state index contributed by atoms with van der Waals surface area (Å²) in [6, 6.07) is 0. The Kier molecular flexibility index (Phi) is 5.33. The fourth-order valence-electron chi connectivity index (χ4n) is 0.620. The summed E-state index contributed by atoms with van der Waals surface area (Å²) >= 11 is 5.65. The van der Waals surface area contributed by atoms with Crippen LogP contribution < -0.4 is 5.32 Å². The molecule has 0 aliphatic rings. The molecule has 0 radical (unpaired) electrons. The van der Waals surface area contributed by atoms with Crippen LogP contribution in [-0.2, 0) is 9.53 Å². The molecular weight excluding hydrogens is 190 g/mol. The zero-order valence-electron chi connectivity index (χ0n) is 8.69. The molecule has 0 aliphatic heterocycles. The molecule has 0 aromatic rings. The monoisotopic (exact) mass is 207 g/mol. The summed E-state index contributed by atoms with van der Waals surface area (Å²) in [7, 11) is 1.61. The van der Waals surface area contributed by atoms with Crippen molar-refractivity contribution in [1.82, 2.24) is 5.32 Å². The predicted molar refractivity (Wildman–Crippen MR) is 54.0 cm³/mol. The minimum atomic E-state index is -0.505. The summed E-state index contributed by atoms with van der Waals surface area (Å²) in [6.45, 7) is 6.04. The van der Waals surface area contributed by atoms with Gasteiger partial charge in [-0.15, -0.1) is 11.6 Å². The lowest BCUT2D eigenvalue weighted by Gasteiger charge is -2.21. The van der Waals surface area contributed by atoms with E-state index in [4.69, 9.17) is 16.3 Å². The molecule has 78 valence electrons. The number of hydrogen-bond donors (Lipinski definition) is 1. The molecule has 4 heteroatoms. The summed E-state index contributed by atoms with van der Waals surface area (Å²) < 4.78 is 5.00. The van der Waals surface area contributed by atoms with Crippen molar-refractivity contribution in [2.75, 3.05) is 19.5 Å². The molecule has 1 amide bonds. The molecule has 1 unspecified atom stereocenters. The summed E-state index contributed by atoms with van der Waals surface area (Å²) in [5, 5.41) is 2.78. The Hall–Kier alpha value is -0.280. The predicted octanol–water partition coefficient (Wildman–Crippen LogP) is 1.40. The van der Waals surface area contributed by atoms with Crippen LogP contribution in [0.5, 0.6) is 0 Å². The molecule has 0 aliphatic carbocycles. The average Bonchev–Trinajstić information content (AvgIpc) is 2.13. The molecule has 0 bridgehead atoms. The fourth-order valence-corrected chi connectivity index (χ4v) is 0.741. The lowest BCUT2D eigenvalue weighted by Crippen LogP contribution is -2.41. The van der Waals surface area contributed by atoms with Crippen LogP contribution in [-0.4, -0.2) is 31.5 Å². The second kappa shape index (κ2) is 5.45. The summed E-state index contributed by atoms with van der Waals surface area (Å²) in [4.78, 5) is 11.5. The van der Waals surface area contributed by atoms with E-state index < -0.39 is 5.41 Å². The minimum Gasteiger partial charge on any atom is -0.380 e. The second-order valence-electron chi connectivity index (χ2n) is 3.77. The Balaban J connectivity index is 3.88. The molecule has 0 rings (SSSR count). The van der Waals surface area contributed by atoms with Gasteiger partial charge in [0.1, 0.15) is 0 Å². The van der Waals surface area contributed by atoms with Gasteiger partial charge in [-0.25, -0.2) is 0 Å². The molecule has 3 nitrogen and oxygen atoms in total. The highest BCUT2D eigenvalue weighted by Gasteiger charge is 2.26. The van der Waals surface area contributed by atoms with E-state index in [-0.39, 0.29) is 12.0 Å². The summed E-state index contributed by atoms with van der Waals surface area (Å²) in [6.07, 6.45) is 0.0371. The Morgan fingerprint density at radius 1 is 1.62 bits per heavy atom. The lowest BCUT2D eigenvalue weighted by molar-refractivity contribution is -0.128. The number of nitrogens with one attached hydrogen (secondary N) is 1. The smallest absolute Gasteiger partial charge is 0.226 e. The van der Waals surface area contributed by atoms with Gasteiger partial charge in [0.05, 0.1) is 11.5 Å². The standard InChI is InChI=1S/C9H18ClNO2/c1-7(13-4)5-11-8(12)9(2,3)6-10/h7H,5-6H2,1-4H3,(H,11,12). The quantitative estimate of drug-likeness (QED) is 0.693. The topological polar surface area (TPSA) is 38.3 Å². The van der Waals surface area contributed by atoms with Gasteiger partial charge in [-0.05, 0) is 20.8 Å². The maximum Gasteiger partial charge on any atom is 0.226 e. The molecule has 1 N–H and O–H groups in total. The van der Waals surface area contributed by atoms with E-state index in [1.807, 2.05) is 20.8 Å². The van der Waals surface area contributed by atoms with Crippen LogP contribution in [0.2, 0.25) is 0 Å². The highest BCUT2D eigenvalue weighted by molar-refractivity contribution is 6.19. The van der Waals surface area contributed by atoms with E-state index in [1.54, 1.807) is 7.11 Å². The van der Waals surface area contributed by atoms with Crippen LogP contribution in [0.4, 0.5) is 0 Å². The van der Waals surface area contributed by atoms with Gasteiger partial charge in [0, 0.05) is 19.5 Å². The number of carbonyl (C=O) groups excluding carboxylic acids is 1. The number of methoxy groups -OCH3 is 1. The van der Waals surface area contributed by atoms with Gasteiger partial charge in [-0.2, -0.15) is 0 Å². The van der Waals surface area contributed by atoms with Gasteiger partial charge in [0.2, 0.25) is 5.91 Å². The second-order valence-corrected chi connectivity index (χ2v) is 4.04. The number of halogens is 1. The Morgan fingerprint density at radius 3 is 2.54 bits per heavy atom. The van der Waals surface area contributed by atoms with E-state index in [0.29, 0.717) is 12.4 Å². The van der Waals surface area contributed by atoms with Crippen LogP contribution >= 0.6 is 11.6 Å². The maximum absolute atomic E-state index is 11.5. The SMILES string of the molecule is COC(C)CNC(=O)C(C)(C)CCl. The number of ether oxygens (including phenoxy) is 1. The zero-order valence-corrected chi connectivity index (χ0v) is 9.44. The van der Waals surface area contributed by atoms with Crippen molar-refractivity contribution < 1.29 is 9.53 Å². The van der Waals surface area contributed by atoms with Crippen molar-refractivity contribution in [2.24, 2.45) is 5.41 Å². The first-order valence-electron chi connectivity index (χ1n) is 4.31. The van der Waals surface area contributed by atoms with Gasteiger partial charge in [-0.1, -0.05) is 0 Å². The van der Waals surface area contributed by atoms with Gasteiger partial charge in [-0.3, -0.25) is 4.79 Å². The molecule has 0 saturated carbocycles. The van der Waals surface area contributed by atoms with Gasteiger partial charge in [0.15, 0.2) is 0 Å². The molecule has 0 saturated heterocycles. The van der Waals surface area contributed by atoms with E-state index in [9.17, 15) is 4.79 Å². The first-order valence-corrected chi connectivity index (χ1v) is 4.84. The van der Waals surface area contributed by atoms with Crippen molar-refractivity contribution in [3.8, 4) is 0 Å². The molecular formula is C9H18ClNO2. The number of hydrogen-bond acceptors (Lipinski definition) is 2. The Morgan fingerprint density at radius 2 is 2.15 bits per heavy atom. The molecule has 0 spiro atoms. The highest BCUT2D eigenvalue weighted by Crippen LogP contribution is 2.16. The van der Waals surface area contributed by atoms with E-state index in [1.165, 1.54) is 0 Å². The van der Waals surface area contributed by atoms with E-state index in [0.717, 1.165) is 0 Å². The van der Waals surface area contributed by atoms with Gasteiger partial charge in [0.25, 0.3) is 0 Å². The van der Waals surface area contributed by atoms with Crippen LogP contribution in [0.15, 0.2) is 0 Å². The Bertz CT molecular complexity index is 171. The van der Waals surface area contributed by atoms with Crippen molar-refractivity contribution >= 4 is 17.5 Å². The first-order chi connectivity index (χ1) is 5.94. The third-order valence-corrected chi connectivity index (χ3v) is 2.57. The minimum absolute atomic E-state index is 0.0357. The van der Waals surface area contributed by atoms with Crippen molar-refractivity contribution in [3.05, 3.63) is 0 Å². The highest BCUT2D eigenvalue weighted by atomic mass is 35.5. The zero-order chi connectivity index (χ0) is 10.5. The molecule has 0 aromatic carbocycles. The van der Waals surface area contributed by atoms with Crippen molar-refractivity contribution in [3.63, 3.8) is 0 Å². The maximum atomic E-state index is 11.5. The third-order valence-electron chi connectivity index (χ3n) is 1.90. The summed E-state index contributed by atoms with van der Waals surface area (Å²) in [5.41, 5.74) is -0.505. The van der Waals surface area contributed by atoms with Crippen LogP contribution in [0.3, 0.4) is 0 Å². The van der Waals surface area contributed by atoms with E-state index in [2.05, 4.69) is 5.32 Å². The van der Waals surface area contributed by atoms with Crippen molar-refractivity contribution in [2.45, 2.75) is 26.9 Å². The number of rotatable bonds is 5. The molecule has 0 fully saturated rings. The average molecular weight is 208 g/mol. The van der Waals surface area contributed by atoms with E-state index >= 15 is 0 Å². The number of alkyl halides is 1. The van der Waals surface area contributed by atoms with Crippen LogP contribution in [0.1, 0.15) is 20.8 Å². The van der Waals surface area contributed by atoms with Crippen LogP contribution in [0.25, 0.3) is 0 Å².